The monoisotopic (exact) mass is 352 g/mol. The lowest BCUT2D eigenvalue weighted by molar-refractivity contribution is -0.128. The SMILES string of the molecule is NC(=O)c1ccc(C(=O)NCc2ccccc2CN2CCCC2=O)nc1. The number of pyridine rings is 1. The normalized spacial score (nSPS) is 13.7. The van der Waals surface area contributed by atoms with E-state index < -0.39 is 5.91 Å². The van der Waals surface area contributed by atoms with Gasteiger partial charge >= 0.3 is 0 Å². The van der Waals surface area contributed by atoms with E-state index in [2.05, 4.69) is 10.3 Å². The summed E-state index contributed by atoms with van der Waals surface area (Å²) in [5.74, 6) is -0.759. The summed E-state index contributed by atoms with van der Waals surface area (Å²) in [4.78, 5) is 40.9. The highest BCUT2D eigenvalue weighted by Crippen LogP contribution is 2.17. The smallest absolute Gasteiger partial charge is 0.270 e. The topological polar surface area (TPSA) is 105 Å². The van der Waals surface area contributed by atoms with Crippen molar-refractivity contribution in [2.75, 3.05) is 6.54 Å². The third-order valence-corrected chi connectivity index (χ3v) is 4.37. The van der Waals surface area contributed by atoms with Crippen LogP contribution in [-0.4, -0.2) is 34.2 Å². The van der Waals surface area contributed by atoms with Gasteiger partial charge in [0.1, 0.15) is 5.69 Å². The number of nitrogens with two attached hydrogens (primary N) is 1. The molecule has 1 aliphatic rings. The first-order chi connectivity index (χ1) is 12.5. The summed E-state index contributed by atoms with van der Waals surface area (Å²) in [6, 6.07) is 10.6. The fourth-order valence-corrected chi connectivity index (χ4v) is 2.90. The molecular formula is C19H20N4O3. The summed E-state index contributed by atoms with van der Waals surface area (Å²) >= 11 is 0. The Labute approximate surface area is 151 Å². The minimum absolute atomic E-state index is 0.169. The molecule has 26 heavy (non-hydrogen) atoms. The first-order valence-corrected chi connectivity index (χ1v) is 8.43. The zero-order chi connectivity index (χ0) is 18.5. The Morgan fingerprint density at radius 1 is 1.15 bits per heavy atom. The Morgan fingerprint density at radius 3 is 2.54 bits per heavy atom. The molecule has 0 radical (unpaired) electrons. The van der Waals surface area contributed by atoms with Crippen molar-refractivity contribution in [2.24, 2.45) is 5.73 Å². The van der Waals surface area contributed by atoms with Crippen LogP contribution in [0.4, 0.5) is 0 Å². The first kappa shape index (κ1) is 17.6. The highest BCUT2D eigenvalue weighted by molar-refractivity contribution is 5.95. The van der Waals surface area contributed by atoms with Gasteiger partial charge in [-0.05, 0) is 29.7 Å². The van der Waals surface area contributed by atoms with Crippen molar-refractivity contribution in [3.8, 4) is 0 Å². The quantitative estimate of drug-likeness (QED) is 0.816. The van der Waals surface area contributed by atoms with Gasteiger partial charge in [-0.15, -0.1) is 0 Å². The van der Waals surface area contributed by atoms with E-state index in [9.17, 15) is 14.4 Å². The van der Waals surface area contributed by atoms with Gasteiger partial charge in [-0.25, -0.2) is 0 Å². The number of aromatic nitrogens is 1. The van der Waals surface area contributed by atoms with E-state index in [1.165, 1.54) is 18.3 Å². The minimum atomic E-state index is -0.588. The third kappa shape index (κ3) is 4.05. The average molecular weight is 352 g/mol. The molecule has 3 amide bonds. The zero-order valence-electron chi connectivity index (χ0n) is 14.3. The maximum Gasteiger partial charge on any atom is 0.270 e. The number of carbonyl (C=O) groups excluding carboxylic acids is 3. The van der Waals surface area contributed by atoms with Crippen LogP contribution in [0.2, 0.25) is 0 Å². The molecule has 134 valence electrons. The predicted octanol–water partition coefficient (Wildman–Crippen LogP) is 1.23. The van der Waals surface area contributed by atoms with E-state index in [1.807, 2.05) is 29.2 Å². The highest BCUT2D eigenvalue weighted by atomic mass is 16.2. The summed E-state index contributed by atoms with van der Waals surface area (Å²) < 4.78 is 0. The van der Waals surface area contributed by atoms with Crippen molar-refractivity contribution < 1.29 is 14.4 Å². The van der Waals surface area contributed by atoms with Gasteiger partial charge in [-0.3, -0.25) is 19.4 Å². The summed E-state index contributed by atoms with van der Waals surface area (Å²) in [6.07, 6.45) is 2.78. The van der Waals surface area contributed by atoms with Gasteiger partial charge in [0.2, 0.25) is 11.8 Å². The second-order valence-corrected chi connectivity index (χ2v) is 6.17. The van der Waals surface area contributed by atoms with Gasteiger partial charge in [-0.1, -0.05) is 24.3 Å². The van der Waals surface area contributed by atoms with E-state index in [0.717, 1.165) is 24.1 Å². The molecule has 1 aliphatic heterocycles. The van der Waals surface area contributed by atoms with E-state index in [0.29, 0.717) is 19.5 Å². The number of hydrogen-bond acceptors (Lipinski definition) is 4. The summed E-state index contributed by atoms with van der Waals surface area (Å²) in [6.45, 7) is 1.66. The molecule has 2 heterocycles. The van der Waals surface area contributed by atoms with E-state index >= 15 is 0 Å². The Hall–Kier alpha value is -3.22. The molecule has 0 unspecified atom stereocenters. The van der Waals surface area contributed by atoms with E-state index in [1.54, 1.807) is 0 Å². The van der Waals surface area contributed by atoms with Crippen molar-refractivity contribution in [3.63, 3.8) is 0 Å². The number of nitrogens with one attached hydrogen (secondary N) is 1. The van der Waals surface area contributed by atoms with Crippen LogP contribution >= 0.6 is 0 Å². The second kappa shape index (κ2) is 7.77. The summed E-state index contributed by atoms with van der Waals surface area (Å²) in [7, 11) is 0. The number of primary amides is 1. The molecule has 3 rings (SSSR count). The molecule has 1 aromatic carbocycles. The second-order valence-electron chi connectivity index (χ2n) is 6.17. The molecule has 7 heteroatoms. The minimum Gasteiger partial charge on any atom is -0.366 e. The van der Waals surface area contributed by atoms with E-state index in [-0.39, 0.29) is 23.1 Å². The van der Waals surface area contributed by atoms with Gasteiger partial charge in [0.15, 0.2) is 0 Å². The number of hydrogen-bond donors (Lipinski definition) is 2. The maximum atomic E-state index is 12.3. The number of benzene rings is 1. The zero-order valence-corrected chi connectivity index (χ0v) is 14.3. The molecule has 1 saturated heterocycles. The summed E-state index contributed by atoms with van der Waals surface area (Å²) in [5, 5.41) is 2.82. The fourth-order valence-electron chi connectivity index (χ4n) is 2.90. The summed E-state index contributed by atoms with van der Waals surface area (Å²) in [5.41, 5.74) is 7.59. The van der Waals surface area contributed by atoms with Crippen molar-refractivity contribution in [3.05, 3.63) is 65.0 Å². The number of rotatable bonds is 6. The Bertz CT molecular complexity index is 833. The lowest BCUT2D eigenvalue weighted by atomic mass is 10.1. The molecule has 0 bridgehead atoms. The van der Waals surface area contributed by atoms with Gasteiger partial charge in [-0.2, -0.15) is 0 Å². The number of amides is 3. The molecule has 0 atom stereocenters. The number of carbonyl (C=O) groups is 3. The van der Waals surface area contributed by atoms with Crippen molar-refractivity contribution in [1.82, 2.24) is 15.2 Å². The van der Waals surface area contributed by atoms with Crippen molar-refractivity contribution in [1.29, 1.82) is 0 Å². The van der Waals surface area contributed by atoms with Crippen LogP contribution in [0.25, 0.3) is 0 Å². The van der Waals surface area contributed by atoms with Crippen LogP contribution < -0.4 is 11.1 Å². The average Bonchev–Trinajstić information content (AvgIpc) is 3.05. The number of likely N-dealkylation sites (tertiary alicyclic amines) is 1. The van der Waals surface area contributed by atoms with Crippen LogP contribution in [0, 0.1) is 0 Å². The third-order valence-electron chi connectivity index (χ3n) is 4.37. The molecule has 7 nitrogen and oxygen atoms in total. The molecule has 2 aromatic rings. The van der Waals surface area contributed by atoms with Gasteiger partial charge in [0.25, 0.3) is 5.91 Å². The molecule has 1 aromatic heterocycles. The van der Waals surface area contributed by atoms with Crippen LogP contribution in [0.1, 0.15) is 44.8 Å². The molecule has 0 saturated carbocycles. The van der Waals surface area contributed by atoms with Crippen LogP contribution in [0.5, 0.6) is 0 Å². The lowest BCUT2D eigenvalue weighted by Gasteiger charge is -2.18. The standard InChI is InChI=1S/C19H20N4O3/c20-18(25)14-7-8-16(21-11-14)19(26)22-10-13-4-1-2-5-15(13)12-23-9-3-6-17(23)24/h1-2,4-5,7-8,11H,3,6,9-10,12H2,(H2,20,25)(H,22,26). The van der Waals surface area contributed by atoms with Crippen LogP contribution in [-0.2, 0) is 17.9 Å². The lowest BCUT2D eigenvalue weighted by Crippen LogP contribution is -2.27. The van der Waals surface area contributed by atoms with Gasteiger partial charge < -0.3 is 16.0 Å². The Morgan fingerprint density at radius 2 is 1.92 bits per heavy atom. The molecular weight excluding hydrogens is 332 g/mol. The largest absolute Gasteiger partial charge is 0.366 e. The fraction of sp³-hybridized carbons (Fsp3) is 0.263. The van der Waals surface area contributed by atoms with E-state index in [4.69, 9.17) is 5.73 Å². The molecule has 0 spiro atoms. The Kier molecular flexibility index (Phi) is 5.26. The highest BCUT2D eigenvalue weighted by Gasteiger charge is 2.21. The van der Waals surface area contributed by atoms with Gasteiger partial charge in [0, 0.05) is 32.3 Å². The van der Waals surface area contributed by atoms with Crippen LogP contribution in [0.15, 0.2) is 42.6 Å². The number of nitrogens with zero attached hydrogens (tertiary/aromatic N) is 2. The maximum absolute atomic E-state index is 12.3. The Balaban J connectivity index is 1.64. The van der Waals surface area contributed by atoms with Gasteiger partial charge in [0.05, 0.1) is 5.56 Å². The van der Waals surface area contributed by atoms with Crippen molar-refractivity contribution in [2.45, 2.75) is 25.9 Å². The molecule has 1 fully saturated rings. The van der Waals surface area contributed by atoms with Crippen molar-refractivity contribution >= 4 is 17.7 Å². The van der Waals surface area contributed by atoms with Crippen LogP contribution in [0.3, 0.4) is 0 Å². The molecule has 3 N–H and O–H groups in total. The molecule has 0 aliphatic carbocycles. The first-order valence-electron chi connectivity index (χ1n) is 8.43. The predicted molar refractivity (Wildman–Crippen MR) is 95.0 cm³/mol.